The first-order valence-corrected chi connectivity index (χ1v) is 6.80. The van der Waals surface area contributed by atoms with Gasteiger partial charge in [-0.05, 0) is 53.1 Å². The maximum Gasteiger partial charge on any atom is 0.0192 e. The minimum atomic E-state index is 0.645. The van der Waals surface area contributed by atoms with Gasteiger partial charge in [0, 0.05) is 12.6 Å². The Kier molecular flexibility index (Phi) is 9.99. The lowest BCUT2D eigenvalue weighted by Gasteiger charge is -2.28. The van der Waals surface area contributed by atoms with Crippen LogP contribution in [0.15, 0.2) is 0 Å². The van der Waals surface area contributed by atoms with Crippen LogP contribution in [0.1, 0.15) is 34.1 Å². The Morgan fingerprint density at radius 3 is 2.06 bits per heavy atom. The van der Waals surface area contributed by atoms with Crippen LogP contribution in [-0.2, 0) is 0 Å². The van der Waals surface area contributed by atoms with E-state index in [0.717, 1.165) is 13.1 Å². The van der Waals surface area contributed by atoms with Crippen molar-refractivity contribution in [1.82, 2.24) is 15.1 Å². The molecule has 3 nitrogen and oxygen atoms in total. The molecule has 0 saturated heterocycles. The number of nitrogens with zero attached hydrogens (tertiary/aromatic N) is 2. The van der Waals surface area contributed by atoms with Crippen LogP contribution >= 0.6 is 0 Å². The van der Waals surface area contributed by atoms with Gasteiger partial charge in [0.05, 0.1) is 0 Å². The summed E-state index contributed by atoms with van der Waals surface area (Å²) < 4.78 is 0. The lowest BCUT2D eigenvalue weighted by Crippen LogP contribution is -2.40. The van der Waals surface area contributed by atoms with Gasteiger partial charge in [-0.2, -0.15) is 0 Å². The standard InChI is InChI=1S/C13H31N3/c1-6-15(7-2)10-9-11-16(8-3)13(4)12-14-5/h13-14H,6-12H2,1-5H3. The van der Waals surface area contributed by atoms with Crippen LogP contribution in [0.4, 0.5) is 0 Å². The summed E-state index contributed by atoms with van der Waals surface area (Å²) in [5.41, 5.74) is 0. The first-order chi connectivity index (χ1) is 7.69. The topological polar surface area (TPSA) is 18.5 Å². The van der Waals surface area contributed by atoms with E-state index in [1.165, 1.54) is 32.6 Å². The molecule has 0 fully saturated rings. The Bertz CT molecular complexity index is 146. The first kappa shape index (κ1) is 15.9. The van der Waals surface area contributed by atoms with Crippen LogP contribution in [0.25, 0.3) is 0 Å². The molecule has 0 amide bonds. The van der Waals surface area contributed by atoms with Crippen LogP contribution in [-0.4, -0.2) is 62.2 Å². The van der Waals surface area contributed by atoms with E-state index in [9.17, 15) is 0 Å². The van der Waals surface area contributed by atoms with Gasteiger partial charge in [-0.3, -0.25) is 4.90 Å². The number of likely N-dealkylation sites (N-methyl/N-ethyl adjacent to an activating group) is 2. The van der Waals surface area contributed by atoms with Crippen LogP contribution in [0, 0.1) is 0 Å². The second-order valence-corrected chi connectivity index (χ2v) is 4.42. The molecule has 1 atom stereocenters. The van der Waals surface area contributed by atoms with E-state index < -0.39 is 0 Å². The lowest BCUT2D eigenvalue weighted by molar-refractivity contribution is 0.197. The number of hydrogen-bond acceptors (Lipinski definition) is 3. The summed E-state index contributed by atoms with van der Waals surface area (Å²) in [4.78, 5) is 5.05. The van der Waals surface area contributed by atoms with Crippen LogP contribution in [0.2, 0.25) is 0 Å². The average Bonchev–Trinajstić information content (AvgIpc) is 2.30. The van der Waals surface area contributed by atoms with Crippen LogP contribution < -0.4 is 5.32 Å². The molecular weight excluding hydrogens is 198 g/mol. The van der Waals surface area contributed by atoms with Gasteiger partial charge < -0.3 is 10.2 Å². The predicted molar refractivity (Wildman–Crippen MR) is 73.0 cm³/mol. The average molecular weight is 229 g/mol. The van der Waals surface area contributed by atoms with Crippen molar-refractivity contribution in [2.75, 3.05) is 46.3 Å². The quantitative estimate of drug-likeness (QED) is 0.614. The smallest absolute Gasteiger partial charge is 0.0192 e. The molecule has 0 bridgehead atoms. The van der Waals surface area contributed by atoms with Crippen LogP contribution in [0.3, 0.4) is 0 Å². The SMILES string of the molecule is CCN(CC)CCCN(CC)C(C)CNC. The highest BCUT2D eigenvalue weighted by Gasteiger charge is 2.10. The Hall–Kier alpha value is -0.120. The normalized spacial score (nSPS) is 13.7. The summed E-state index contributed by atoms with van der Waals surface area (Å²) in [6, 6.07) is 0.645. The zero-order chi connectivity index (χ0) is 12.4. The summed E-state index contributed by atoms with van der Waals surface area (Å²) in [7, 11) is 2.03. The molecule has 0 spiro atoms. The third-order valence-corrected chi connectivity index (χ3v) is 3.34. The van der Waals surface area contributed by atoms with Gasteiger partial charge in [0.25, 0.3) is 0 Å². The third-order valence-electron chi connectivity index (χ3n) is 3.34. The van der Waals surface area contributed by atoms with Crippen molar-refractivity contribution in [3.05, 3.63) is 0 Å². The molecule has 0 rings (SSSR count). The third kappa shape index (κ3) is 6.46. The molecule has 0 aliphatic rings. The van der Waals surface area contributed by atoms with Crippen molar-refractivity contribution in [3.8, 4) is 0 Å². The van der Waals surface area contributed by atoms with E-state index in [1.807, 2.05) is 7.05 Å². The van der Waals surface area contributed by atoms with E-state index in [-0.39, 0.29) is 0 Å². The summed E-state index contributed by atoms with van der Waals surface area (Å²) in [5.74, 6) is 0. The van der Waals surface area contributed by atoms with Gasteiger partial charge in [0.15, 0.2) is 0 Å². The Morgan fingerprint density at radius 2 is 1.62 bits per heavy atom. The molecule has 98 valence electrons. The molecule has 0 aromatic rings. The predicted octanol–water partition coefficient (Wildman–Crippen LogP) is 1.65. The van der Waals surface area contributed by atoms with Crippen molar-refractivity contribution in [2.45, 2.75) is 40.2 Å². The molecule has 0 aliphatic carbocycles. The van der Waals surface area contributed by atoms with E-state index in [1.54, 1.807) is 0 Å². The maximum absolute atomic E-state index is 3.25. The Morgan fingerprint density at radius 1 is 1.00 bits per heavy atom. The van der Waals surface area contributed by atoms with Crippen molar-refractivity contribution < 1.29 is 0 Å². The molecule has 0 aliphatic heterocycles. The van der Waals surface area contributed by atoms with Gasteiger partial charge in [-0.25, -0.2) is 0 Å². The van der Waals surface area contributed by atoms with E-state index in [2.05, 4.69) is 42.8 Å². The number of rotatable bonds is 10. The molecule has 16 heavy (non-hydrogen) atoms. The van der Waals surface area contributed by atoms with E-state index in [0.29, 0.717) is 6.04 Å². The molecule has 1 N–H and O–H groups in total. The van der Waals surface area contributed by atoms with Crippen molar-refractivity contribution in [2.24, 2.45) is 0 Å². The summed E-state index contributed by atoms with van der Waals surface area (Å²) in [6.07, 6.45) is 1.28. The molecular formula is C13H31N3. The fraction of sp³-hybridized carbons (Fsp3) is 1.00. The fourth-order valence-electron chi connectivity index (χ4n) is 2.15. The van der Waals surface area contributed by atoms with Gasteiger partial charge in [0.2, 0.25) is 0 Å². The number of hydrogen-bond donors (Lipinski definition) is 1. The van der Waals surface area contributed by atoms with Gasteiger partial charge in [-0.15, -0.1) is 0 Å². The summed E-state index contributed by atoms with van der Waals surface area (Å²) >= 11 is 0. The second kappa shape index (κ2) is 10.1. The highest BCUT2D eigenvalue weighted by atomic mass is 15.2. The van der Waals surface area contributed by atoms with E-state index in [4.69, 9.17) is 0 Å². The van der Waals surface area contributed by atoms with Gasteiger partial charge in [0.1, 0.15) is 0 Å². The summed E-state index contributed by atoms with van der Waals surface area (Å²) in [5, 5.41) is 3.25. The maximum atomic E-state index is 3.25. The Balaban J connectivity index is 3.77. The molecule has 0 aromatic heterocycles. The van der Waals surface area contributed by atoms with Gasteiger partial charge in [-0.1, -0.05) is 20.8 Å². The van der Waals surface area contributed by atoms with E-state index >= 15 is 0 Å². The second-order valence-electron chi connectivity index (χ2n) is 4.42. The largest absolute Gasteiger partial charge is 0.318 e. The monoisotopic (exact) mass is 229 g/mol. The zero-order valence-electron chi connectivity index (χ0n) is 11.9. The lowest BCUT2D eigenvalue weighted by atomic mass is 10.2. The highest BCUT2D eigenvalue weighted by Crippen LogP contribution is 2.00. The van der Waals surface area contributed by atoms with Crippen LogP contribution in [0.5, 0.6) is 0 Å². The number of nitrogens with one attached hydrogen (secondary N) is 1. The molecule has 3 heteroatoms. The molecule has 0 aromatic carbocycles. The summed E-state index contributed by atoms with van der Waals surface area (Å²) in [6.45, 7) is 16.1. The fourth-order valence-corrected chi connectivity index (χ4v) is 2.15. The van der Waals surface area contributed by atoms with Crippen molar-refractivity contribution in [3.63, 3.8) is 0 Å². The minimum Gasteiger partial charge on any atom is -0.318 e. The zero-order valence-corrected chi connectivity index (χ0v) is 11.9. The Labute approximate surface area is 102 Å². The molecule has 1 unspecified atom stereocenters. The highest BCUT2D eigenvalue weighted by molar-refractivity contribution is 4.68. The minimum absolute atomic E-state index is 0.645. The molecule has 0 heterocycles. The molecule has 0 saturated carbocycles. The first-order valence-electron chi connectivity index (χ1n) is 6.80. The molecule has 0 radical (unpaired) electrons. The van der Waals surface area contributed by atoms with Gasteiger partial charge >= 0.3 is 0 Å². The van der Waals surface area contributed by atoms with Crippen molar-refractivity contribution >= 4 is 0 Å². The van der Waals surface area contributed by atoms with Crippen molar-refractivity contribution in [1.29, 1.82) is 0 Å².